The van der Waals surface area contributed by atoms with Crippen LogP contribution in [0.3, 0.4) is 0 Å². The van der Waals surface area contributed by atoms with E-state index < -0.39 is 0 Å². The van der Waals surface area contributed by atoms with Crippen molar-refractivity contribution in [3.8, 4) is 5.75 Å². The van der Waals surface area contributed by atoms with Crippen molar-refractivity contribution in [2.24, 2.45) is 0 Å². The summed E-state index contributed by atoms with van der Waals surface area (Å²) >= 11 is 5.30. The molecule has 0 spiro atoms. The fraction of sp³-hybridized carbons (Fsp3) is 0.133. The summed E-state index contributed by atoms with van der Waals surface area (Å²) in [6, 6.07) is 13.9. The lowest BCUT2D eigenvalue weighted by molar-refractivity contribution is 0.415. The maximum atomic E-state index is 12.8. The Hall–Kier alpha value is -1.94. The molecule has 0 aliphatic heterocycles. The van der Waals surface area contributed by atoms with Crippen LogP contribution in [0.15, 0.2) is 48.5 Å². The lowest BCUT2D eigenvalue weighted by Gasteiger charge is -2.09. The molecule has 0 radical (unpaired) electrons. The van der Waals surface area contributed by atoms with Crippen LogP contribution in [0.4, 0.5) is 4.39 Å². The van der Waals surface area contributed by atoms with Gasteiger partial charge in [0.1, 0.15) is 16.6 Å². The first-order chi connectivity index (χ1) is 9.19. The van der Waals surface area contributed by atoms with Crippen LogP contribution in [0.2, 0.25) is 0 Å². The first kappa shape index (κ1) is 13.5. The van der Waals surface area contributed by atoms with E-state index in [4.69, 9.17) is 17.0 Å². The van der Waals surface area contributed by atoms with E-state index in [1.807, 2.05) is 24.3 Å². The van der Waals surface area contributed by atoms with Gasteiger partial charge in [0.25, 0.3) is 0 Å². The monoisotopic (exact) mass is 275 g/mol. The van der Waals surface area contributed by atoms with Crippen LogP contribution in [-0.4, -0.2) is 12.1 Å². The van der Waals surface area contributed by atoms with E-state index in [-0.39, 0.29) is 5.82 Å². The first-order valence-electron chi connectivity index (χ1n) is 5.86. The number of benzene rings is 2. The number of thiocarbonyl (C=S) groups is 1. The summed E-state index contributed by atoms with van der Waals surface area (Å²) in [6.07, 6.45) is 0. The molecule has 0 fully saturated rings. The summed E-state index contributed by atoms with van der Waals surface area (Å²) in [7, 11) is 1.63. The van der Waals surface area contributed by atoms with E-state index in [9.17, 15) is 4.39 Å². The van der Waals surface area contributed by atoms with E-state index >= 15 is 0 Å². The molecule has 0 aliphatic carbocycles. The third-order valence-electron chi connectivity index (χ3n) is 2.72. The van der Waals surface area contributed by atoms with Gasteiger partial charge in [-0.05, 0) is 42.0 Å². The summed E-state index contributed by atoms with van der Waals surface area (Å²) in [6.45, 7) is 0.575. The molecule has 0 aliphatic rings. The highest BCUT2D eigenvalue weighted by Crippen LogP contribution is 2.12. The molecule has 0 bridgehead atoms. The Balaban J connectivity index is 1.95. The van der Waals surface area contributed by atoms with Gasteiger partial charge in [-0.25, -0.2) is 4.39 Å². The molecule has 2 aromatic carbocycles. The Bertz CT molecular complexity index is 551. The van der Waals surface area contributed by atoms with Crippen LogP contribution >= 0.6 is 12.2 Å². The molecule has 2 aromatic rings. The third kappa shape index (κ3) is 3.76. The van der Waals surface area contributed by atoms with Crippen LogP contribution in [0.5, 0.6) is 5.75 Å². The van der Waals surface area contributed by atoms with Gasteiger partial charge in [0.2, 0.25) is 0 Å². The standard InChI is InChI=1S/C15H14FNOS/c1-18-14-8-4-12(5-9-14)15(19)17-10-11-2-6-13(16)7-3-11/h2-9H,10H2,1H3,(H,17,19). The molecule has 1 N–H and O–H groups in total. The van der Waals surface area contributed by atoms with E-state index in [2.05, 4.69) is 5.32 Å². The predicted molar refractivity (Wildman–Crippen MR) is 77.9 cm³/mol. The maximum absolute atomic E-state index is 12.8. The Morgan fingerprint density at radius 3 is 2.32 bits per heavy atom. The van der Waals surface area contributed by atoms with Gasteiger partial charge in [0.05, 0.1) is 7.11 Å². The highest BCUT2D eigenvalue weighted by atomic mass is 32.1. The van der Waals surface area contributed by atoms with Crippen LogP contribution in [0, 0.1) is 5.82 Å². The zero-order valence-electron chi connectivity index (χ0n) is 10.5. The molecule has 2 rings (SSSR count). The van der Waals surface area contributed by atoms with Crippen molar-refractivity contribution in [1.82, 2.24) is 5.32 Å². The molecular weight excluding hydrogens is 261 g/mol. The number of rotatable bonds is 4. The van der Waals surface area contributed by atoms with Gasteiger partial charge in [-0.1, -0.05) is 24.4 Å². The topological polar surface area (TPSA) is 21.3 Å². The number of methoxy groups -OCH3 is 1. The zero-order chi connectivity index (χ0) is 13.7. The SMILES string of the molecule is COc1ccc(C(=S)NCc2ccc(F)cc2)cc1. The lowest BCUT2D eigenvalue weighted by Crippen LogP contribution is -2.21. The molecule has 0 amide bonds. The predicted octanol–water partition coefficient (Wildman–Crippen LogP) is 3.30. The Labute approximate surface area is 117 Å². The Kier molecular flexibility index (Phi) is 4.47. The molecule has 0 atom stereocenters. The number of hydrogen-bond donors (Lipinski definition) is 1. The maximum Gasteiger partial charge on any atom is 0.123 e. The molecule has 4 heteroatoms. The third-order valence-corrected chi connectivity index (χ3v) is 3.10. The molecular formula is C15H14FNOS. The van der Waals surface area contributed by atoms with Crippen LogP contribution < -0.4 is 10.1 Å². The molecule has 2 nitrogen and oxygen atoms in total. The molecule has 0 saturated carbocycles. The minimum Gasteiger partial charge on any atom is -0.497 e. The summed E-state index contributed by atoms with van der Waals surface area (Å²) in [4.78, 5) is 0.659. The van der Waals surface area contributed by atoms with Gasteiger partial charge in [-0.3, -0.25) is 0 Å². The van der Waals surface area contributed by atoms with Crippen molar-refractivity contribution in [2.75, 3.05) is 7.11 Å². The highest BCUT2D eigenvalue weighted by Gasteiger charge is 2.01. The van der Waals surface area contributed by atoms with Gasteiger partial charge >= 0.3 is 0 Å². The van der Waals surface area contributed by atoms with Crippen molar-refractivity contribution < 1.29 is 9.13 Å². The van der Waals surface area contributed by atoms with Crippen molar-refractivity contribution in [3.05, 3.63) is 65.5 Å². The van der Waals surface area contributed by atoms with E-state index in [1.54, 1.807) is 19.2 Å². The van der Waals surface area contributed by atoms with Crippen LogP contribution in [0.25, 0.3) is 0 Å². The van der Waals surface area contributed by atoms with Crippen LogP contribution in [0.1, 0.15) is 11.1 Å². The normalized spacial score (nSPS) is 10.0. The quantitative estimate of drug-likeness (QED) is 0.865. The lowest BCUT2D eigenvalue weighted by atomic mass is 10.2. The van der Waals surface area contributed by atoms with Crippen molar-refractivity contribution in [3.63, 3.8) is 0 Å². The summed E-state index contributed by atoms with van der Waals surface area (Å²) in [5.74, 6) is 0.562. The van der Waals surface area contributed by atoms with Gasteiger partial charge < -0.3 is 10.1 Å². The summed E-state index contributed by atoms with van der Waals surface area (Å²) in [5, 5.41) is 3.14. The molecule has 0 heterocycles. The largest absolute Gasteiger partial charge is 0.497 e. The molecule has 0 saturated heterocycles. The number of ether oxygens (including phenoxy) is 1. The second kappa shape index (κ2) is 6.29. The Morgan fingerprint density at radius 2 is 1.74 bits per heavy atom. The van der Waals surface area contributed by atoms with Gasteiger partial charge in [-0.15, -0.1) is 0 Å². The smallest absolute Gasteiger partial charge is 0.123 e. The molecule has 19 heavy (non-hydrogen) atoms. The summed E-state index contributed by atoms with van der Waals surface area (Å²) < 4.78 is 17.9. The average Bonchev–Trinajstić information content (AvgIpc) is 2.46. The van der Waals surface area contributed by atoms with Crippen molar-refractivity contribution >= 4 is 17.2 Å². The number of hydrogen-bond acceptors (Lipinski definition) is 2. The van der Waals surface area contributed by atoms with Crippen LogP contribution in [-0.2, 0) is 6.54 Å². The highest BCUT2D eigenvalue weighted by molar-refractivity contribution is 7.80. The number of halogens is 1. The molecule has 98 valence electrons. The Morgan fingerprint density at radius 1 is 1.11 bits per heavy atom. The fourth-order valence-corrected chi connectivity index (χ4v) is 1.84. The van der Waals surface area contributed by atoms with Crippen molar-refractivity contribution in [1.29, 1.82) is 0 Å². The molecule has 0 aromatic heterocycles. The van der Waals surface area contributed by atoms with E-state index in [1.165, 1.54) is 12.1 Å². The number of nitrogens with one attached hydrogen (secondary N) is 1. The second-order valence-electron chi connectivity index (χ2n) is 4.04. The van der Waals surface area contributed by atoms with Gasteiger partial charge in [0, 0.05) is 12.1 Å². The first-order valence-corrected chi connectivity index (χ1v) is 6.26. The van der Waals surface area contributed by atoms with E-state index in [0.29, 0.717) is 11.5 Å². The minimum atomic E-state index is -0.235. The fourth-order valence-electron chi connectivity index (χ4n) is 1.63. The van der Waals surface area contributed by atoms with Gasteiger partial charge in [0.15, 0.2) is 0 Å². The van der Waals surface area contributed by atoms with Crippen molar-refractivity contribution in [2.45, 2.75) is 6.54 Å². The zero-order valence-corrected chi connectivity index (χ0v) is 11.3. The van der Waals surface area contributed by atoms with Gasteiger partial charge in [-0.2, -0.15) is 0 Å². The summed E-state index contributed by atoms with van der Waals surface area (Å²) in [5.41, 5.74) is 1.91. The molecule has 0 unspecified atom stereocenters. The second-order valence-corrected chi connectivity index (χ2v) is 4.45. The minimum absolute atomic E-state index is 0.235. The van der Waals surface area contributed by atoms with E-state index in [0.717, 1.165) is 16.9 Å². The average molecular weight is 275 g/mol.